The Hall–Kier alpha value is -1.47. The van der Waals surface area contributed by atoms with Gasteiger partial charge >= 0.3 is 5.97 Å². The summed E-state index contributed by atoms with van der Waals surface area (Å²) in [6.45, 7) is 3.76. The van der Waals surface area contributed by atoms with E-state index in [-0.39, 0.29) is 5.56 Å². The van der Waals surface area contributed by atoms with Crippen LogP contribution in [0.1, 0.15) is 28.8 Å². The van der Waals surface area contributed by atoms with E-state index in [4.69, 9.17) is 5.11 Å². The molecule has 0 atom stereocenters. The fraction of sp³-hybridized carbons (Fsp3) is 0.273. The summed E-state index contributed by atoms with van der Waals surface area (Å²) in [6, 6.07) is 3.15. The molecule has 0 amide bonds. The molecule has 0 spiro atoms. The summed E-state index contributed by atoms with van der Waals surface area (Å²) in [6.07, 6.45) is 0.698. The Morgan fingerprint density at radius 2 is 2.22 bits per heavy atom. The molecule has 18 heavy (non-hydrogen) atoms. The molecule has 94 valence electrons. The molecule has 0 bridgehead atoms. The second-order valence-electron chi connectivity index (χ2n) is 3.55. The molecule has 0 aliphatic carbocycles. The van der Waals surface area contributed by atoms with E-state index in [2.05, 4.69) is 14.3 Å². The highest BCUT2D eigenvalue weighted by Crippen LogP contribution is 2.28. The van der Waals surface area contributed by atoms with Crippen molar-refractivity contribution in [3.8, 4) is 0 Å². The lowest BCUT2D eigenvalue weighted by Crippen LogP contribution is -2.00. The Morgan fingerprint density at radius 3 is 2.78 bits per heavy atom. The van der Waals surface area contributed by atoms with Gasteiger partial charge in [0.15, 0.2) is 4.34 Å². The normalized spacial score (nSPS) is 10.6. The third-order valence-electron chi connectivity index (χ3n) is 2.16. The summed E-state index contributed by atoms with van der Waals surface area (Å²) < 4.78 is 4.85. The van der Waals surface area contributed by atoms with Crippen molar-refractivity contribution < 1.29 is 9.90 Å². The van der Waals surface area contributed by atoms with Crippen LogP contribution in [-0.4, -0.2) is 25.4 Å². The Morgan fingerprint density at radius 1 is 1.44 bits per heavy atom. The van der Waals surface area contributed by atoms with Gasteiger partial charge in [-0.05, 0) is 48.8 Å². The van der Waals surface area contributed by atoms with Gasteiger partial charge in [-0.25, -0.2) is 14.8 Å². The lowest BCUT2D eigenvalue weighted by atomic mass is 10.2. The molecule has 2 aromatic rings. The van der Waals surface area contributed by atoms with Gasteiger partial charge < -0.3 is 5.11 Å². The van der Waals surface area contributed by atoms with Gasteiger partial charge in [0.2, 0.25) is 0 Å². The Balaban J connectivity index is 2.32. The van der Waals surface area contributed by atoms with E-state index in [1.807, 2.05) is 13.8 Å². The zero-order valence-corrected chi connectivity index (χ0v) is 11.5. The van der Waals surface area contributed by atoms with E-state index in [9.17, 15) is 4.79 Å². The number of hydrogen-bond acceptors (Lipinski definition) is 6. The minimum Gasteiger partial charge on any atom is -0.478 e. The Labute approximate surface area is 112 Å². The molecule has 0 saturated heterocycles. The van der Waals surface area contributed by atoms with Crippen LogP contribution in [0, 0.1) is 6.92 Å². The van der Waals surface area contributed by atoms with Crippen molar-refractivity contribution >= 4 is 29.3 Å². The molecule has 2 rings (SSSR count). The van der Waals surface area contributed by atoms with Gasteiger partial charge in [-0.1, -0.05) is 6.92 Å². The summed E-state index contributed by atoms with van der Waals surface area (Å²) >= 11 is 2.63. The van der Waals surface area contributed by atoms with Crippen LogP contribution in [0.15, 0.2) is 21.5 Å². The van der Waals surface area contributed by atoms with Crippen LogP contribution in [0.3, 0.4) is 0 Å². The quantitative estimate of drug-likeness (QED) is 0.928. The number of pyridine rings is 1. The van der Waals surface area contributed by atoms with E-state index in [1.54, 1.807) is 12.1 Å². The number of aryl methyl sites for hydroxylation is 2. The van der Waals surface area contributed by atoms with Crippen molar-refractivity contribution in [2.24, 2.45) is 0 Å². The topological polar surface area (TPSA) is 76.0 Å². The molecule has 7 heteroatoms. The smallest absolute Gasteiger partial charge is 0.335 e. The van der Waals surface area contributed by atoms with Gasteiger partial charge in [0, 0.05) is 5.69 Å². The molecule has 2 heterocycles. The molecular formula is C11H11N3O2S2. The summed E-state index contributed by atoms with van der Waals surface area (Å²) in [5.74, 6) is -0.227. The van der Waals surface area contributed by atoms with Gasteiger partial charge in [-0.2, -0.15) is 4.37 Å². The van der Waals surface area contributed by atoms with Gasteiger partial charge in [0.1, 0.15) is 10.9 Å². The van der Waals surface area contributed by atoms with Crippen LogP contribution in [0.4, 0.5) is 0 Å². The maximum absolute atomic E-state index is 11.0. The third kappa shape index (κ3) is 3.05. The molecule has 0 aromatic carbocycles. The zero-order valence-electron chi connectivity index (χ0n) is 9.88. The van der Waals surface area contributed by atoms with E-state index in [0.717, 1.165) is 10.0 Å². The molecule has 0 aliphatic rings. The molecule has 5 nitrogen and oxygen atoms in total. The van der Waals surface area contributed by atoms with Crippen molar-refractivity contribution in [2.45, 2.75) is 29.6 Å². The van der Waals surface area contributed by atoms with E-state index < -0.39 is 5.97 Å². The Kier molecular flexibility index (Phi) is 3.93. The summed E-state index contributed by atoms with van der Waals surface area (Å²) in [5, 5.41) is 9.68. The lowest BCUT2D eigenvalue weighted by molar-refractivity contribution is 0.0696. The first-order valence-corrected chi connectivity index (χ1v) is 6.90. The van der Waals surface area contributed by atoms with Crippen LogP contribution in [-0.2, 0) is 6.42 Å². The highest BCUT2D eigenvalue weighted by atomic mass is 32.2. The molecule has 2 aromatic heterocycles. The van der Waals surface area contributed by atoms with E-state index in [1.165, 1.54) is 23.3 Å². The van der Waals surface area contributed by atoms with Crippen LogP contribution in [0.25, 0.3) is 0 Å². The highest BCUT2D eigenvalue weighted by Gasteiger charge is 2.10. The van der Waals surface area contributed by atoms with E-state index >= 15 is 0 Å². The van der Waals surface area contributed by atoms with Gasteiger partial charge in [0.05, 0.1) is 5.56 Å². The van der Waals surface area contributed by atoms with Crippen LogP contribution >= 0.6 is 23.3 Å². The van der Waals surface area contributed by atoms with Gasteiger partial charge in [-0.15, -0.1) is 0 Å². The molecular weight excluding hydrogens is 270 g/mol. The van der Waals surface area contributed by atoms with E-state index in [0.29, 0.717) is 17.3 Å². The predicted octanol–water partition coefficient (Wildman–Crippen LogP) is 2.65. The molecule has 1 N–H and O–H groups in total. The number of aromatic carboxylic acids is 1. The number of aromatic nitrogens is 3. The first-order valence-electron chi connectivity index (χ1n) is 5.31. The second kappa shape index (κ2) is 5.45. The number of hydrogen-bond donors (Lipinski definition) is 1. The standard InChI is InChI=1S/C11H11N3O2S2/c1-3-8-4-7(10(15)16)5-9(13-8)17-11-12-6(2)14-18-11/h4-5H,3H2,1-2H3,(H,15,16). The number of rotatable bonds is 4. The Bertz CT molecular complexity index is 583. The summed E-state index contributed by atoms with van der Waals surface area (Å²) in [5.41, 5.74) is 1.02. The predicted molar refractivity (Wildman–Crippen MR) is 69.3 cm³/mol. The average molecular weight is 281 g/mol. The minimum absolute atomic E-state index is 0.255. The molecule has 0 saturated carbocycles. The average Bonchev–Trinajstić information content (AvgIpc) is 2.74. The lowest BCUT2D eigenvalue weighted by Gasteiger charge is -2.03. The number of nitrogens with zero attached hydrogens (tertiary/aromatic N) is 3. The van der Waals surface area contributed by atoms with Crippen molar-refractivity contribution in [2.75, 3.05) is 0 Å². The third-order valence-corrected chi connectivity index (χ3v) is 3.93. The van der Waals surface area contributed by atoms with Crippen molar-refractivity contribution in [3.05, 3.63) is 29.2 Å². The minimum atomic E-state index is -0.942. The van der Waals surface area contributed by atoms with Gasteiger partial charge in [0.25, 0.3) is 0 Å². The fourth-order valence-corrected chi connectivity index (χ4v) is 2.97. The maximum Gasteiger partial charge on any atom is 0.335 e. The zero-order chi connectivity index (χ0) is 13.1. The first-order chi connectivity index (χ1) is 8.58. The SMILES string of the molecule is CCc1cc(C(=O)O)cc(Sc2nc(C)ns2)n1. The van der Waals surface area contributed by atoms with Gasteiger partial charge in [-0.3, -0.25) is 0 Å². The summed E-state index contributed by atoms with van der Waals surface area (Å²) in [4.78, 5) is 19.6. The van der Waals surface area contributed by atoms with Crippen molar-refractivity contribution in [1.29, 1.82) is 0 Å². The number of carboxylic acid groups (broad SMARTS) is 1. The molecule has 0 unspecified atom stereocenters. The van der Waals surface area contributed by atoms with Crippen LogP contribution < -0.4 is 0 Å². The molecule has 0 aliphatic heterocycles. The van der Waals surface area contributed by atoms with Crippen molar-refractivity contribution in [1.82, 2.24) is 14.3 Å². The molecule has 0 fully saturated rings. The fourth-order valence-electron chi connectivity index (χ4n) is 1.33. The second-order valence-corrected chi connectivity index (χ2v) is 5.57. The first kappa shape index (κ1) is 13.0. The van der Waals surface area contributed by atoms with Crippen molar-refractivity contribution in [3.63, 3.8) is 0 Å². The van der Waals surface area contributed by atoms with Crippen LogP contribution in [0.5, 0.6) is 0 Å². The summed E-state index contributed by atoms with van der Waals surface area (Å²) in [7, 11) is 0. The number of carbonyl (C=O) groups is 1. The monoisotopic (exact) mass is 281 g/mol. The van der Waals surface area contributed by atoms with Crippen LogP contribution in [0.2, 0.25) is 0 Å². The molecule has 0 radical (unpaired) electrons. The maximum atomic E-state index is 11.0. The largest absolute Gasteiger partial charge is 0.478 e. The number of carboxylic acids is 1. The highest BCUT2D eigenvalue weighted by molar-refractivity contribution is 8.00.